The summed E-state index contributed by atoms with van der Waals surface area (Å²) in [4.78, 5) is 0. The molecule has 11 aromatic rings. The number of hydrogen-bond donors (Lipinski definition) is 0. The Hall–Kier alpha value is -6.78. The lowest BCUT2D eigenvalue weighted by atomic mass is 10.00. The number of aromatic nitrogens is 1. The summed E-state index contributed by atoms with van der Waals surface area (Å²) in [6.07, 6.45) is 0. The molecule has 0 radical (unpaired) electrons. The fraction of sp³-hybridized carbons (Fsp3) is 0. The third kappa shape index (κ3) is 5.50. The van der Waals surface area contributed by atoms with E-state index >= 15 is 0 Å². The first-order chi connectivity index (χ1) is 28.3. The van der Waals surface area contributed by atoms with E-state index < -0.39 is 8.07 Å². The minimum atomic E-state index is -2.99. The molecule has 268 valence electrons. The van der Waals surface area contributed by atoms with Crippen LogP contribution >= 0.6 is 11.3 Å². The summed E-state index contributed by atoms with van der Waals surface area (Å²) in [6, 6.07) is 83.8. The van der Waals surface area contributed by atoms with Crippen LogP contribution in [0, 0.1) is 0 Å². The van der Waals surface area contributed by atoms with Crippen LogP contribution in [0.5, 0.6) is 0 Å². The molecule has 0 saturated carbocycles. The van der Waals surface area contributed by atoms with Crippen molar-refractivity contribution in [1.29, 1.82) is 0 Å². The number of hydrogen-bond acceptors (Lipinski definition) is 1. The number of fused-ring (bicyclic) bond motifs is 6. The zero-order valence-corrected chi connectivity index (χ0v) is 33.0. The van der Waals surface area contributed by atoms with E-state index in [2.05, 4.69) is 229 Å². The molecule has 9 aromatic carbocycles. The molecule has 2 aromatic heterocycles. The largest absolute Gasteiger partial charge is 0.309 e. The second kappa shape index (κ2) is 13.8. The average molecular weight is 760 g/mol. The highest BCUT2D eigenvalue weighted by Crippen LogP contribution is 2.36. The average Bonchev–Trinajstić information content (AvgIpc) is 3.83. The van der Waals surface area contributed by atoms with Crippen molar-refractivity contribution < 1.29 is 0 Å². The van der Waals surface area contributed by atoms with Crippen LogP contribution in [0.3, 0.4) is 0 Å². The van der Waals surface area contributed by atoms with Crippen molar-refractivity contribution in [3.05, 3.63) is 224 Å². The van der Waals surface area contributed by atoms with Gasteiger partial charge in [0.1, 0.15) is 0 Å². The van der Waals surface area contributed by atoms with Crippen LogP contribution in [-0.2, 0) is 0 Å². The molecule has 0 aliphatic carbocycles. The standard InChI is InChI=1S/C54H37NSSi/c1-4-16-38(17-5-1)39-28-30-40(31-29-39)41-34-42(55-51-25-13-10-22-47(51)48-23-11-14-26-52(48)55)36-46(35-41)57(43-18-6-2-7-19-43,44-20-8-3-9-21-44)45-32-33-54-50(37-45)49-24-12-15-27-53(49)56-54/h1-37H. The summed E-state index contributed by atoms with van der Waals surface area (Å²) in [5.41, 5.74) is 8.42. The fourth-order valence-electron chi connectivity index (χ4n) is 9.15. The van der Waals surface area contributed by atoms with Crippen LogP contribution < -0.4 is 20.7 Å². The van der Waals surface area contributed by atoms with Crippen LogP contribution in [0.2, 0.25) is 0 Å². The Morgan fingerprint density at radius 3 is 1.42 bits per heavy atom. The van der Waals surface area contributed by atoms with Crippen LogP contribution in [-0.4, -0.2) is 12.6 Å². The third-order valence-corrected chi connectivity index (χ3v) is 17.6. The molecule has 0 amide bonds. The molecule has 2 heterocycles. The SMILES string of the molecule is c1ccc(-c2ccc(-c3cc(-n4c5ccccc5c5ccccc54)cc([Si](c4ccccc4)(c4ccccc4)c4ccc5sc6ccccc6c5c4)c3)cc2)cc1. The lowest BCUT2D eigenvalue weighted by Crippen LogP contribution is -2.74. The molecule has 3 heteroatoms. The summed E-state index contributed by atoms with van der Waals surface area (Å²) in [5, 5.41) is 10.6. The van der Waals surface area contributed by atoms with Gasteiger partial charge in [-0.05, 0) is 79.4 Å². The predicted molar refractivity (Wildman–Crippen MR) is 248 cm³/mol. The van der Waals surface area contributed by atoms with Gasteiger partial charge in [-0.3, -0.25) is 0 Å². The molecule has 0 N–H and O–H groups in total. The van der Waals surface area contributed by atoms with E-state index in [4.69, 9.17) is 0 Å². The Morgan fingerprint density at radius 2 is 0.789 bits per heavy atom. The Kier molecular flexibility index (Phi) is 8.09. The summed E-state index contributed by atoms with van der Waals surface area (Å²) in [7, 11) is -2.99. The van der Waals surface area contributed by atoms with Crippen LogP contribution in [0.15, 0.2) is 224 Å². The van der Waals surface area contributed by atoms with Gasteiger partial charge in [-0.2, -0.15) is 0 Å². The minimum Gasteiger partial charge on any atom is -0.309 e. The van der Waals surface area contributed by atoms with Crippen LogP contribution in [0.1, 0.15) is 0 Å². The molecule has 0 aliphatic rings. The van der Waals surface area contributed by atoms with Gasteiger partial charge < -0.3 is 4.57 Å². The van der Waals surface area contributed by atoms with E-state index in [1.165, 1.54) is 85.0 Å². The Labute approximate surface area is 337 Å². The van der Waals surface area contributed by atoms with Gasteiger partial charge in [0, 0.05) is 36.6 Å². The number of thiophene rings is 1. The van der Waals surface area contributed by atoms with E-state index in [1.54, 1.807) is 0 Å². The van der Waals surface area contributed by atoms with E-state index in [0.29, 0.717) is 0 Å². The Balaban J connectivity index is 1.26. The zero-order valence-electron chi connectivity index (χ0n) is 31.2. The van der Waals surface area contributed by atoms with Crippen molar-refractivity contribution in [2.24, 2.45) is 0 Å². The molecule has 0 unspecified atom stereocenters. The smallest absolute Gasteiger partial charge is 0.179 e. The van der Waals surface area contributed by atoms with Crippen molar-refractivity contribution in [3.63, 3.8) is 0 Å². The Bertz CT molecular complexity index is 3120. The first-order valence-electron chi connectivity index (χ1n) is 19.6. The van der Waals surface area contributed by atoms with Gasteiger partial charge in [0.05, 0.1) is 11.0 Å². The van der Waals surface area contributed by atoms with Crippen molar-refractivity contribution in [2.45, 2.75) is 0 Å². The molecule has 1 nitrogen and oxygen atoms in total. The molecule has 0 aliphatic heterocycles. The maximum atomic E-state index is 2.53. The zero-order chi connectivity index (χ0) is 37.8. The van der Waals surface area contributed by atoms with Crippen molar-refractivity contribution in [1.82, 2.24) is 4.57 Å². The second-order valence-corrected chi connectivity index (χ2v) is 19.8. The van der Waals surface area contributed by atoms with E-state index in [1.807, 2.05) is 11.3 Å². The molecular formula is C54H37NSSi. The molecule has 11 rings (SSSR count). The van der Waals surface area contributed by atoms with Crippen LogP contribution in [0.25, 0.3) is 69.9 Å². The van der Waals surface area contributed by atoms with Gasteiger partial charge >= 0.3 is 0 Å². The topological polar surface area (TPSA) is 4.93 Å². The first-order valence-corrected chi connectivity index (χ1v) is 22.4. The summed E-state index contributed by atoms with van der Waals surface area (Å²) in [5.74, 6) is 0. The highest BCUT2D eigenvalue weighted by molar-refractivity contribution is 7.26. The first kappa shape index (κ1) is 33.5. The predicted octanol–water partition coefficient (Wildman–Crippen LogP) is 11.9. The maximum absolute atomic E-state index is 2.99. The molecular weight excluding hydrogens is 723 g/mol. The number of rotatable bonds is 7. The van der Waals surface area contributed by atoms with Crippen LogP contribution in [0.4, 0.5) is 0 Å². The quantitative estimate of drug-likeness (QED) is 0.113. The molecule has 0 bridgehead atoms. The normalized spacial score (nSPS) is 11.9. The Morgan fingerprint density at radius 1 is 0.298 bits per heavy atom. The van der Waals surface area contributed by atoms with Gasteiger partial charge in [0.2, 0.25) is 0 Å². The summed E-state index contributed by atoms with van der Waals surface area (Å²) >= 11 is 1.88. The highest BCUT2D eigenvalue weighted by Gasteiger charge is 2.42. The number of para-hydroxylation sites is 2. The van der Waals surface area contributed by atoms with Gasteiger partial charge in [-0.1, -0.05) is 188 Å². The second-order valence-electron chi connectivity index (χ2n) is 14.9. The van der Waals surface area contributed by atoms with E-state index in [9.17, 15) is 0 Å². The van der Waals surface area contributed by atoms with Crippen molar-refractivity contribution in [3.8, 4) is 27.9 Å². The minimum absolute atomic E-state index is 1.16. The van der Waals surface area contributed by atoms with Crippen molar-refractivity contribution >= 4 is 82.1 Å². The summed E-state index contributed by atoms with van der Waals surface area (Å²) < 4.78 is 5.13. The fourth-order valence-corrected chi connectivity index (χ4v) is 15.0. The van der Waals surface area contributed by atoms with Crippen molar-refractivity contribution in [2.75, 3.05) is 0 Å². The van der Waals surface area contributed by atoms with Gasteiger partial charge in [-0.15, -0.1) is 11.3 Å². The van der Waals surface area contributed by atoms with E-state index in [0.717, 1.165) is 5.69 Å². The molecule has 0 fully saturated rings. The maximum Gasteiger partial charge on any atom is 0.179 e. The van der Waals surface area contributed by atoms with Gasteiger partial charge in [0.15, 0.2) is 8.07 Å². The van der Waals surface area contributed by atoms with Gasteiger partial charge in [-0.25, -0.2) is 0 Å². The van der Waals surface area contributed by atoms with Gasteiger partial charge in [0.25, 0.3) is 0 Å². The third-order valence-electron chi connectivity index (χ3n) is 11.7. The number of benzene rings is 9. The van der Waals surface area contributed by atoms with E-state index in [-0.39, 0.29) is 0 Å². The molecule has 0 atom stereocenters. The molecule has 0 spiro atoms. The monoisotopic (exact) mass is 759 g/mol. The number of nitrogens with zero attached hydrogens (tertiary/aromatic N) is 1. The summed E-state index contributed by atoms with van der Waals surface area (Å²) in [6.45, 7) is 0. The molecule has 57 heavy (non-hydrogen) atoms. The highest BCUT2D eigenvalue weighted by atomic mass is 32.1. The lowest BCUT2D eigenvalue weighted by Gasteiger charge is -2.35. The lowest BCUT2D eigenvalue weighted by molar-refractivity contribution is 1.18. The molecule has 0 saturated heterocycles.